The van der Waals surface area contributed by atoms with E-state index in [1.54, 1.807) is 0 Å². The zero-order valence-electron chi connectivity index (χ0n) is 8.22. The summed E-state index contributed by atoms with van der Waals surface area (Å²) in [5, 5.41) is 4.00. The molecule has 3 heteroatoms. The van der Waals surface area contributed by atoms with Crippen molar-refractivity contribution < 1.29 is 0 Å². The molecular weight excluding hydrogens is 258 g/mol. The molecular formula is C11H14BrNS. The van der Waals surface area contributed by atoms with Crippen LogP contribution in [0.3, 0.4) is 0 Å². The second kappa shape index (κ2) is 4.69. The van der Waals surface area contributed by atoms with Crippen LogP contribution in [0.1, 0.15) is 22.9 Å². The predicted octanol–water partition coefficient (Wildman–Crippen LogP) is 3.48. The summed E-state index contributed by atoms with van der Waals surface area (Å²) in [4.78, 5) is 0. The fraction of sp³-hybridized carbons (Fsp3) is 0.455. The number of halogens is 1. The molecule has 1 unspecified atom stereocenters. The fourth-order valence-corrected chi connectivity index (χ4v) is 3.65. The molecule has 0 aliphatic carbocycles. The molecule has 1 aliphatic rings. The van der Waals surface area contributed by atoms with Crippen molar-refractivity contribution >= 4 is 27.7 Å². The standard InChI is InChI=1S/C11H14BrNS/c1-8-3-4-9(10(12)7-8)11-13-5-2-6-14-11/h3-4,7,11,13H,2,5-6H2,1H3. The first-order chi connectivity index (χ1) is 6.77. The Labute approximate surface area is 97.8 Å². The van der Waals surface area contributed by atoms with Gasteiger partial charge in [-0.15, -0.1) is 11.8 Å². The van der Waals surface area contributed by atoms with E-state index in [0.717, 1.165) is 6.54 Å². The van der Waals surface area contributed by atoms with Crippen molar-refractivity contribution in [3.05, 3.63) is 33.8 Å². The summed E-state index contributed by atoms with van der Waals surface area (Å²) < 4.78 is 1.23. The minimum Gasteiger partial charge on any atom is -0.302 e. The Morgan fingerprint density at radius 2 is 2.36 bits per heavy atom. The first kappa shape index (κ1) is 10.5. The van der Waals surface area contributed by atoms with Crippen molar-refractivity contribution in [2.75, 3.05) is 12.3 Å². The van der Waals surface area contributed by atoms with Gasteiger partial charge in [0.15, 0.2) is 0 Å². The van der Waals surface area contributed by atoms with Crippen molar-refractivity contribution in [1.29, 1.82) is 0 Å². The third-order valence-electron chi connectivity index (χ3n) is 2.37. The van der Waals surface area contributed by atoms with E-state index in [1.165, 1.54) is 27.8 Å². The van der Waals surface area contributed by atoms with Gasteiger partial charge in [-0.05, 0) is 42.8 Å². The summed E-state index contributed by atoms with van der Waals surface area (Å²) in [7, 11) is 0. The second-order valence-corrected chi connectivity index (χ2v) is 5.65. The second-order valence-electron chi connectivity index (χ2n) is 3.58. The SMILES string of the molecule is Cc1ccc(C2NCCCS2)c(Br)c1. The van der Waals surface area contributed by atoms with Crippen molar-refractivity contribution in [3.8, 4) is 0 Å². The van der Waals surface area contributed by atoms with Gasteiger partial charge < -0.3 is 5.32 Å². The topological polar surface area (TPSA) is 12.0 Å². The Morgan fingerprint density at radius 3 is 3.00 bits per heavy atom. The van der Waals surface area contributed by atoms with Gasteiger partial charge >= 0.3 is 0 Å². The van der Waals surface area contributed by atoms with Crippen LogP contribution in [0, 0.1) is 6.92 Å². The van der Waals surface area contributed by atoms with Crippen LogP contribution in [0.25, 0.3) is 0 Å². The van der Waals surface area contributed by atoms with E-state index < -0.39 is 0 Å². The van der Waals surface area contributed by atoms with Gasteiger partial charge in [0, 0.05) is 4.47 Å². The third kappa shape index (κ3) is 2.33. The molecule has 1 aliphatic heterocycles. The molecule has 1 nitrogen and oxygen atoms in total. The molecule has 0 spiro atoms. The number of hydrogen-bond acceptors (Lipinski definition) is 2. The highest BCUT2D eigenvalue weighted by Crippen LogP contribution is 2.34. The van der Waals surface area contributed by atoms with Gasteiger partial charge in [-0.3, -0.25) is 0 Å². The number of nitrogens with one attached hydrogen (secondary N) is 1. The van der Waals surface area contributed by atoms with Crippen molar-refractivity contribution in [3.63, 3.8) is 0 Å². The lowest BCUT2D eigenvalue weighted by molar-refractivity contribution is 0.641. The summed E-state index contributed by atoms with van der Waals surface area (Å²) in [6.07, 6.45) is 1.28. The molecule has 1 N–H and O–H groups in total. The third-order valence-corrected chi connectivity index (χ3v) is 4.34. The maximum Gasteiger partial charge on any atom is 0.0800 e. The van der Waals surface area contributed by atoms with Crippen molar-refractivity contribution in [2.45, 2.75) is 18.7 Å². The fourth-order valence-electron chi connectivity index (χ4n) is 1.61. The van der Waals surface area contributed by atoms with Crippen molar-refractivity contribution in [2.24, 2.45) is 0 Å². The van der Waals surface area contributed by atoms with Crippen LogP contribution in [0.15, 0.2) is 22.7 Å². The molecule has 76 valence electrons. The lowest BCUT2D eigenvalue weighted by Gasteiger charge is -2.24. The van der Waals surface area contributed by atoms with Crippen LogP contribution in [0.2, 0.25) is 0 Å². The molecule has 0 saturated carbocycles. The van der Waals surface area contributed by atoms with E-state index in [-0.39, 0.29) is 0 Å². The van der Waals surface area contributed by atoms with Crippen LogP contribution >= 0.6 is 27.7 Å². The predicted molar refractivity (Wildman–Crippen MR) is 66.7 cm³/mol. The maximum atomic E-state index is 3.63. The lowest BCUT2D eigenvalue weighted by Crippen LogP contribution is -2.25. The van der Waals surface area contributed by atoms with Gasteiger partial charge in [0.05, 0.1) is 5.37 Å². The normalized spacial score (nSPS) is 22.3. The largest absolute Gasteiger partial charge is 0.302 e. The molecule has 1 heterocycles. The van der Waals surface area contributed by atoms with Gasteiger partial charge in [-0.25, -0.2) is 0 Å². The van der Waals surface area contributed by atoms with E-state index in [2.05, 4.69) is 46.4 Å². The van der Waals surface area contributed by atoms with E-state index in [1.807, 2.05) is 11.8 Å². The van der Waals surface area contributed by atoms with E-state index in [4.69, 9.17) is 0 Å². The minimum atomic E-state index is 0.471. The Hall–Kier alpha value is 0.01000. The lowest BCUT2D eigenvalue weighted by atomic mass is 10.1. The Morgan fingerprint density at radius 1 is 1.50 bits per heavy atom. The molecule has 1 atom stereocenters. The molecule has 0 radical (unpaired) electrons. The highest BCUT2D eigenvalue weighted by atomic mass is 79.9. The smallest absolute Gasteiger partial charge is 0.0800 e. The van der Waals surface area contributed by atoms with E-state index >= 15 is 0 Å². The highest BCUT2D eigenvalue weighted by molar-refractivity contribution is 9.10. The minimum absolute atomic E-state index is 0.471. The van der Waals surface area contributed by atoms with Crippen LogP contribution in [0.4, 0.5) is 0 Å². The van der Waals surface area contributed by atoms with Crippen LogP contribution in [0.5, 0.6) is 0 Å². The van der Waals surface area contributed by atoms with Crippen LogP contribution in [-0.4, -0.2) is 12.3 Å². The summed E-state index contributed by atoms with van der Waals surface area (Å²) in [5.74, 6) is 1.26. The zero-order valence-corrected chi connectivity index (χ0v) is 10.6. The van der Waals surface area contributed by atoms with Crippen molar-refractivity contribution in [1.82, 2.24) is 5.32 Å². The molecule has 1 fully saturated rings. The van der Waals surface area contributed by atoms with Crippen LogP contribution < -0.4 is 5.32 Å². The monoisotopic (exact) mass is 271 g/mol. The quantitative estimate of drug-likeness (QED) is 0.840. The summed E-state index contributed by atoms with van der Waals surface area (Å²) in [5.41, 5.74) is 2.68. The summed E-state index contributed by atoms with van der Waals surface area (Å²) in [6.45, 7) is 3.26. The Kier molecular flexibility index (Phi) is 3.52. The Balaban J connectivity index is 2.22. The Bertz CT molecular complexity index is 321. The average Bonchev–Trinajstić information content (AvgIpc) is 2.19. The molecule has 1 aromatic rings. The van der Waals surface area contributed by atoms with Gasteiger partial charge in [0.25, 0.3) is 0 Å². The van der Waals surface area contributed by atoms with Gasteiger partial charge in [-0.1, -0.05) is 28.1 Å². The number of rotatable bonds is 1. The maximum absolute atomic E-state index is 3.63. The molecule has 0 amide bonds. The van der Waals surface area contributed by atoms with E-state index in [0.29, 0.717) is 5.37 Å². The average molecular weight is 272 g/mol. The summed E-state index contributed by atoms with van der Waals surface area (Å²) in [6, 6.07) is 6.58. The molecule has 2 rings (SSSR count). The number of thioether (sulfide) groups is 1. The number of hydrogen-bond donors (Lipinski definition) is 1. The molecule has 0 aromatic heterocycles. The molecule has 1 aromatic carbocycles. The number of benzene rings is 1. The van der Waals surface area contributed by atoms with Gasteiger partial charge in [-0.2, -0.15) is 0 Å². The van der Waals surface area contributed by atoms with Gasteiger partial charge in [0.2, 0.25) is 0 Å². The molecule has 0 bridgehead atoms. The molecule has 14 heavy (non-hydrogen) atoms. The first-order valence-corrected chi connectivity index (χ1v) is 6.72. The zero-order chi connectivity index (χ0) is 9.97. The van der Waals surface area contributed by atoms with Crippen LogP contribution in [-0.2, 0) is 0 Å². The van der Waals surface area contributed by atoms with Gasteiger partial charge in [0.1, 0.15) is 0 Å². The highest BCUT2D eigenvalue weighted by Gasteiger charge is 2.17. The summed E-state index contributed by atoms with van der Waals surface area (Å²) >= 11 is 5.62. The number of aryl methyl sites for hydroxylation is 1. The molecule has 1 saturated heterocycles. The first-order valence-electron chi connectivity index (χ1n) is 4.88. The van der Waals surface area contributed by atoms with E-state index in [9.17, 15) is 0 Å².